The van der Waals surface area contributed by atoms with Gasteiger partial charge in [-0.1, -0.05) is 0 Å². The van der Waals surface area contributed by atoms with Gasteiger partial charge in [0.1, 0.15) is 5.75 Å². The SMILES string of the molecule is Cc1cc(S(=O)(=O)N2CCCC(C(=O)NC(C)C)C2)ccc1OCC(=O)N(C)C. The number of benzene rings is 1. The first kappa shape index (κ1) is 23.2. The highest BCUT2D eigenvalue weighted by Crippen LogP contribution is 2.27. The minimum absolute atomic E-state index is 0.0176. The van der Waals surface area contributed by atoms with Crippen molar-refractivity contribution in [2.75, 3.05) is 33.8 Å². The molecule has 1 aliphatic rings. The maximum absolute atomic E-state index is 13.1. The lowest BCUT2D eigenvalue weighted by molar-refractivity contribution is -0.130. The van der Waals surface area contributed by atoms with Crippen LogP contribution in [0, 0.1) is 12.8 Å². The van der Waals surface area contributed by atoms with Gasteiger partial charge in [-0.25, -0.2) is 8.42 Å². The van der Waals surface area contributed by atoms with Gasteiger partial charge in [-0.2, -0.15) is 4.31 Å². The van der Waals surface area contributed by atoms with Crippen LogP contribution in [-0.2, 0) is 19.6 Å². The molecule has 0 saturated carbocycles. The van der Waals surface area contributed by atoms with Crippen LogP contribution in [0.4, 0.5) is 0 Å². The maximum Gasteiger partial charge on any atom is 0.259 e. The summed E-state index contributed by atoms with van der Waals surface area (Å²) in [6.45, 7) is 5.96. The van der Waals surface area contributed by atoms with Crippen LogP contribution in [0.1, 0.15) is 32.3 Å². The average molecular weight is 426 g/mol. The van der Waals surface area contributed by atoms with E-state index in [1.807, 2.05) is 13.8 Å². The number of rotatable bonds is 7. The van der Waals surface area contributed by atoms with E-state index in [-0.39, 0.29) is 41.8 Å². The van der Waals surface area contributed by atoms with Gasteiger partial charge in [0, 0.05) is 33.2 Å². The lowest BCUT2D eigenvalue weighted by atomic mass is 9.98. The molecule has 1 saturated heterocycles. The number of hydrogen-bond acceptors (Lipinski definition) is 5. The van der Waals surface area contributed by atoms with Gasteiger partial charge in [0.25, 0.3) is 5.91 Å². The van der Waals surface area contributed by atoms with Gasteiger partial charge in [0.2, 0.25) is 15.9 Å². The highest BCUT2D eigenvalue weighted by Gasteiger charge is 2.33. The Labute approximate surface area is 173 Å². The van der Waals surface area contributed by atoms with Crippen molar-refractivity contribution in [3.63, 3.8) is 0 Å². The number of amides is 2. The molecule has 1 fully saturated rings. The number of hydrogen-bond donors (Lipinski definition) is 1. The molecule has 1 aliphatic heterocycles. The van der Waals surface area contributed by atoms with E-state index in [1.54, 1.807) is 33.2 Å². The summed E-state index contributed by atoms with van der Waals surface area (Å²) in [6, 6.07) is 4.61. The number of aryl methyl sites for hydroxylation is 1. The molecule has 29 heavy (non-hydrogen) atoms. The molecule has 0 aromatic heterocycles. The van der Waals surface area contributed by atoms with E-state index in [1.165, 1.54) is 15.3 Å². The summed E-state index contributed by atoms with van der Waals surface area (Å²) in [4.78, 5) is 25.6. The Morgan fingerprint density at radius 1 is 1.31 bits per heavy atom. The first-order chi connectivity index (χ1) is 13.5. The van der Waals surface area contributed by atoms with E-state index in [9.17, 15) is 18.0 Å². The third kappa shape index (κ3) is 5.93. The van der Waals surface area contributed by atoms with Crippen molar-refractivity contribution in [2.45, 2.75) is 44.6 Å². The molecule has 1 atom stereocenters. The summed E-state index contributed by atoms with van der Waals surface area (Å²) in [6.07, 6.45) is 1.32. The molecule has 162 valence electrons. The van der Waals surface area contributed by atoms with Crippen LogP contribution < -0.4 is 10.1 Å². The minimum atomic E-state index is -3.72. The van der Waals surface area contributed by atoms with Gasteiger partial charge < -0.3 is 15.0 Å². The van der Waals surface area contributed by atoms with E-state index in [0.717, 1.165) is 0 Å². The summed E-state index contributed by atoms with van der Waals surface area (Å²) < 4.78 is 33.1. The van der Waals surface area contributed by atoms with Crippen LogP contribution in [0.2, 0.25) is 0 Å². The van der Waals surface area contributed by atoms with E-state index < -0.39 is 10.0 Å². The summed E-state index contributed by atoms with van der Waals surface area (Å²) in [5.74, 6) is -0.167. The van der Waals surface area contributed by atoms with Gasteiger partial charge in [0.05, 0.1) is 10.8 Å². The molecule has 0 radical (unpaired) electrons. The molecule has 1 unspecified atom stereocenters. The molecular weight excluding hydrogens is 394 g/mol. The van der Waals surface area contributed by atoms with Gasteiger partial charge in [-0.15, -0.1) is 0 Å². The number of likely N-dealkylation sites (N-methyl/N-ethyl adjacent to an activating group) is 1. The fourth-order valence-corrected chi connectivity index (χ4v) is 4.75. The molecule has 1 N–H and O–H groups in total. The van der Waals surface area contributed by atoms with Crippen molar-refractivity contribution in [2.24, 2.45) is 5.92 Å². The summed E-state index contributed by atoms with van der Waals surface area (Å²) >= 11 is 0. The first-order valence-corrected chi connectivity index (χ1v) is 11.2. The summed E-state index contributed by atoms with van der Waals surface area (Å²) in [7, 11) is -0.437. The predicted octanol–water partition coefficient (Wildman–Crippen LogP) is 1.39. The number of nitrogens with one attached hydrogen (secondary N) is 1. The fourth-order valence-electron chi connectivity index (χ4n) is 3.14. The summed E-state index contributed by atoms with van der Waals surface area (Å²) in [5.41, 5.74) is 0.628. The van der Waals surface area contributed by atoms with E-state index in [2.05, 4.69) is 5.32 Å². The average Bonchev–Trinajstić information content (AvgIpc) is 2.66. The molecule has 0 aliphatic carbocycles. The van der Waals surface area contributed by atoms with Crippen molar-refractivity contribution in [1.82, 2.24) is 14.5 Å². The van der Waals surface area contributed by atoms with Gasteiger partial charge in [-0.05, 0) is 57.4 Å². The highest BCUT2D eigenvalue weighted by atomic mass is 32.2. The Balaban J connectivity index is 2.13. The molecule has 1 aromatic rings. The molecule has 9 heteroatoms. The third-order valence-electron chi connectivity index (χ3n) is 4.82. The van der Waals surface area contributed by atoms with Crippen LogP contribution >= 0.6 is 0 Å². The Morgan fingerprint density at radius 3 is 2.59 bits per heavy atom. The Morgan fingerprint density at radius 2 is 2.00 bits per heavy atom. The second-order valence-corrected chi connectivity index (χ2v) is 9.81. The summed E-state index contributed by atoms with van der Waals surface area (Å²) in [5, 5.41) is 2.86. The number of nitrogens with zero attached hydrogens (tertiary/aromatic N) is 2. The van der Waals surface area contributed by atoms with Crippen molar-refractivity contribution in [3.05, 3.63) is 23.8 Å². The molecule has 0 bridgehead atoms. The molecule has 1 heterocycles. The van der Waals surface area contributed by atoms with Crippen molar-refractivity contribution >= 4 is 21.8 Å². The number of piperidine rings is 1. The highest BCUT2D eigenvalue weighted by molar-refractivity contribution is 7.89. The van der Waals surface area contributed by atoms with Crippen molar-refractivity contribution in [3.8, 4) is 5.75 Å². The minimum Gasteiger partial charge on any atom is -0.483 e. The van der Waals surface area contributed by atoms with Crippen LogP contribution in [0.25, 0.3) is 0 Å². The lowest BCUT2D eigenvalue weighted by Crippen LogP contribution is -2.46. The number of sulfonamides is 1. The Kier molecular flexibility index (Phi) is 7.65. The Bertz CT molecular complexity index is 852. The smallest absolute Gasteiger partial charge is 0.259 e. The van der Waals surface area contributed by atoms with E-state index in [4.69, 9.17) is 4.74 Å². The van der Waals surface area contributed by atoms with Crippen molar-refractivity contribution in [1.29, 1.82) is 0 Å². The van der Waals surface area contributed by atoms with Gasteiger partial charge >= 0.3 is 0 Å². The second-order valence-electron chi connectivity index (χ2n) is 7.87. The topological polar surface area (TPSA) is 96.0 Å². The molecule has 2 amide bonds. The van der Waals surface area contributed by atoms with Crippen LogP contribution in [0.3, 0.4) is 0 Å². The normalized spacial score (nSPS) is 17.8. The van der Waals surface area contributed by atoms with Crippen LogP contribution in [0.5, 0.6) is 5.75 Å². The van der Waals surface area contributed by atoms with Gasteiger partial charge in [0.15, 0.2) is 6.61 Å². The quantitative estimate of drug-likeness (QED) is 0.712. The Hall–Kier alpha value is -2.13. The predicted molar refractivity (Wildman–Crippen MR) is 110 cm³/mol. The van der Waals surface area contributed by atoms with Gasteiger partial charge in [-0.3, -0.25) is 9.59 Å². The number of carbonyl (C=O) groups excluding carboxylic acids is 2. The fraction of sp³-hybridized carbons (Fsp3) is 0.600. The zero-order valence-electron chi connectivity index (χ0n) is 17.8. The van der Waals surface area contributed by atoms with E-state index >= 15 is 0 Å². The van der Waals surface area contributed by atoms with Crippen LogP contribution in [-0.4, -0.2) is 69.3 Å². The van der Waals surface area contributed by atoms with Crippen molar-refractivity contribution < 1.29 is 22.7 Å². The lowest BCUT2D eigenvalue weighted by Gasteiger charge is -2.31. The van der Waals surface area contributed by atoms with E-state index in [0.29, 0.717) is 30.7 Å². The molecule has 1 aromatic carbocycles. The standard InChI is InChI=1S/C20H31N3O5S/c1-14(2)21-20(25)16-7-6-10-23(12-16)29(26,27)17-8-9-18(15(3)11-17)28-13-19(24)22(4)5/h8-9,11,14,16H,6-7,10,12-13H2,1-5H3,(H,21,25). The maximum atomic E-state index is 13.1. The first-order valence-electron chi connectivity index (χ1n) is 9.76. The zero-order valence-corrected chi connectivity index (χ0v) is 18.6. The largest absolute Gasteiger partial charge is 0.483 e. The second kappa shape index (κ2) is 9.58. The van der Waals surface area contributed by atoms with Crippen LogP contribution in [0.15, 0.2) is 23.1 Å². The monoisotopic (exact) mass is 425 g/mol. The molecular formula is C20H31N3O5S. The zero-order chi connectivity index (χ0) is 21.8. The number of carbonyl (C=O) groups is 2. The molecule has 0 spiro atoms. The number of ether oxygens (including phenoxy) is 1. The third-order valence-corrected chi connectivity index (χ3v) is 6.68. The molecule has 8 nitrogen and oxygen atoms in total. The molecule has 2 rings (SSSR count).